The van der Waals surface area contributed by atoms with E-state index in [1.54, 1.807) is 23.1 Å². The van der Waals surface area contributed by atoms with Crippen molar-refractivity contribution in [3.05, 3.63) is 35.9 Å². The molecule has 0 saturated carbocycles. The molecule has 0 unspecified atom stereocenters. The third-order valence-electron chi connectivity index (χ3n) is 4.54. The molecule has 0 spiro atoms. The average molecular weight is 344 g/mol. The minimum atomic E-state index is -1.01. The molecule has 25 heavy (non-hydrogen) atoms. The number of carbonyl (C=O) groups is 3. The van der Waals surface area contributed by atoms with E-state index in [0.29, 0.717) is 12.2 Å². The minimum absolute atomic E-state index is 0.00316. The zero-order chi connectivity index (χ0) is 18.0. The molecule has 0 saturated heterocycles. The number of amides is 2. The molecule has 3 rings (SSSR count). The lowest BCUT2D eigenvalue weighted by Crippen LogP contribution is -2.38. The van der Waals surface area contributed by atoms with Crippen molar-refractivity contribution in [1.29, 1.82) is 0 Å². The standard InChI is InChI=1S/C18H20N2O5/c1-25-10-16(21)20-8-2-3-11-4-5-12(9-15(11)20)19-17(22)13-6-7-14(13)18(23)24/h4-7,9,13-14H,2-3,8,10H2,1H3,(H,19,22)(H,23,24)/t13-,14+/m1/s1. The van der Waals surface area contributed by atoms with Crippen molar-refractivity contribution >= 4 is 29.2 Å². The second-order valence-corrected chi connectivity index (χ2v) is 6.19. The number of carboxylic acid groups (broad SMARTS) is 1. The van der Waals surface area contributed by atoms with Gasteiger partial charge in [-0.1, -0.05) is 18.2 Å². The van der Waals surface area contributed by atoms with Gasteiger partial charge in [0, 0.05) is 25.0 Å². The maximum Gasteiger partial charge on any atom is 0.311 e. The Morgan fingerprint density at radius 1 is 1.28 bits per heavy atom. The lowest BCUT2D eigenvalue weighted by atomic mass is 9.81. The summed E-state index contributed by atoms with van der Waals surface area (Å²) in [6.45, 7) is 0.613. The average Bonchev–Trinajstić information content (AvgIpc) is 2.52. The van der Waals surface area contributed by atoms with Crippen LogP contribution >= 0.6 is 0 Å². The van der Waals surface area contributed by atoms with Crippen molar-refractivity contribution in [3.63, 3.8) is 0 Å². The maximum atomic E-state index is 12.3. The maximum absolute atomic E-state index is 12.3. The number of ether oxygens (including phenoxy) is 1. The van der Waals surface area contributed by atoms with Crippen LogP contribution in [0.2, 0.25) is 0 Å². The molecule has 7 nitrogen and oxygen atoms in total. The van der Waals surface area contributed by atoms with Gasteiger partial charge in [0.05, 0.1) is 11.8 Å². The van der Waals surface area contributed by atoms with E-state index >= 15 is 0 Å². The van der Waals surface area contributed by atoms with Gasteiger partial charge in [-0.2, -0.15) is 0 Å². The summed E-state index contributed by atoms with van der Waals surface area (Å²) in [5.41, 5.74) is 2.36. The molecular formula is C18H20N2O5. The Hall–Kier alpha value is -2.67. The number of nitrogens with one attached hydrogen (secondary N) is 1. The van der Waals surface area contributed by atoms with Crippen LogP contribution < -0.4 is 10.2 Å². The minimum Gasteiger partial charge on any atom is -0.481 e. The first-order valence-corrected chi connectivity index (χ1v) is 8.15. The lowest BCUT2D eigenvalue weighted by Gasteiger charge is -2.30. The Labute approximate surface area is 145 Å². The lowest BCUT2D eigenvalue weighted by molar-refractivity contribution is -0.144. The monoisotopic (exact) mass is 344 g/mol. The first kappa shape index (κ1) is 17.2. The molecule has 2 N–H and O–H groups in total. The van der Waals surface area contributed by atoms with Gasteiger partial charge in [0.15, 0.2) is 0 Å². The number of aryl methyl sites for hydroxylation is 1. The topological polar surface area (TPSA) is 95.9 Å². The number of fused-ring (bicyclic) bond motifs is 1. The number of benzene rings is 1. The van der Waals surface area contributed by atoms with Gasteiger partial charge in [-0.05, 0) is 30.5 Å². The number of carbonyl (C=O) groups excluding carboxylic acids is 2. The molecule has 0 aromatic heterocycles. The SMILES string of the molecule is COCC(=O)N1CCCc2ccc(NC(=O)[C@@H]3C=C[C@@H]3C(=O)O)cc21. The summed E-state index contributed by atoms with van der Waals surface area (Å²) in [6, 6.07) is 5.43. The predicted octanol–water partition coefficient (Wildman–Crippen LogP) is 1.44. The van der Waals surface area contributed by atoms with Gasteiger partial charge in [-0.3, -0.25) is 14.4 Å². The summed E-state index contributed by atoms with van der Waals surface area (Å²) >= 11 is 0. The van der Waals surface area contributed by atoms with Crippen molar-refractivity contribution in [2.75, 3.05) is 30.5 Å². The van der Waals surface area contributed by atoms with Gasteiger partial charge >= 0.3 is 5.97 Å². The molecule has 1 aromatic rings. The molecule has 2 amide bonds. The smallest absolute Gasteiger partial charge is 0.311 e. The first-order valence-electron chi connectivity index (χ1n) is 8.15. The van der Waals surface area contributed by atoms with E-state index in [0.717, 1.165) is 24.1 Å². The second-order valence-electron chi connectivity index (χ2n) is 6.19. The Balaban J connectivity index is 1.77. The van der Waals surface area contributed by atoms with Crippen molar-refractivity contribution in [2.24, 2.45) is 11.8 Å². The van der Waals surface area contributed by atoms with Gasteiger partial charge in [0.2, 0.25) is 5.91 Å². The van der Waals surface area contributed by atoms with E-state index < -0.39 is 17.8 Å². The Morgan fingerprint density at radius 2 is 2.04 bits per heavy atom. The van der Waals surface area contributed by atoms with Crippen LogP contribution in [0, 0.1) is 11.8 Å². The summed E-state index contributed by atoms with van der Waals surface area (Å²) in [6.07, 6.45) is 4.83. The fourth-order valence-corrected chi connectivity index (χ4v) is 3.16. The van der Waals surface area contributed by atoms with Gasteiger partial charge in [-0.15, -0.1) is 0 Å². The summed E-state index contributed by atoms with van der Waals surface area (Å²) in [5, 5.41) is 11.8. The third-order valence-corrected chi connectivity index (χ3v) is 4.54. The Kier molecular flexibility index (Phi) is 4.85. The summed E-state index contributed by atoms with van der Waals surface area (Å²) in [7, 11) is 1.48. The molecule has 2 atom stereocenters. The number of anilines is 2. The normalized spacial score (nSPS) is 21.2. The summed E-state index contributed by atoms with van der Waals surface area (Å²) < 4.78 is 4.93. The van der Waals surface area contributed by atoms with Crippen LogP contribution in [0.5, 0.6) is 0 Å². The van der Waals surface area contributed by atoms with E-state index in [2.05, 4.69) is 5.32 Å². The molecule has 132 valence electrons. The van der Waals surface area contributed by atoms with E-state index in [-0.39, 0.29) is 18.4 Å². The zero-order valence-corrected chi connectivity index (χ0v) is 13.9. The number of aliphatic carboxylic acids is 1. The van der Waals surface area contributed by atoms with Crippen LogP contribution in [0.1, 0.15) is 12.0 Å². The predicted molar refractivity (Wildman–Crippen MR) is 91.4 cm³/mol. The highest BCUT2D eigenvalue weighted by molar-refractivity contribution is 6.00. The van der Waals surface area contributed by atoms with E-state index in [1.165, 1.54) is 13.2 Å². The molecule has 1 aromatic carbocycles. The Morgan fingerprint density at radius 3 is 2.68 bits per heavy atom. The van der Waals surface area contributed by atoms with Crippen LogP contribution in [0.3, 0.4) is 0 Å². The number of hydrogen-bond acceptors (Lipinski definition) is 4. The molecule has 1 heterocycles. The van der Waals surface area contributed by atoms with Gasteiger partial charge < -0.3 is 20.1 Å². The molecule has 0 fully saturated rings. The molecule has 1 aliphatic heterocycles. The van der Waals surface area contributed by atoms with E-state index in [1.807, 2.05) is 6.07 Å². The highest BCUT2D eigenvalue weighted by Crippen LogP contribution is 2.32. The van der Waals surface area contributed by atoms with Crippen LogP contribution in [-0.4, -0.2) is 43.2 Å². The number of carboxylic acids is 1. The number of hydrogen-bond donors (Lipinski definition) is 2. The van der Waals surface area contributed by atoms with E-state index in [4.69, 9.17) is 9.84 Å². The highest BCUT2D eigenvalue weighted by atomic mass is 16.5. The summed E-state index contributed by atoms with van der Waals surface area (Å²) in [5.74, 6) is -2.94. The van der Waals surface area contributed by atoms with Gasteiger partial charge in [-0.25, -0.2) is 0 Å². The number of nitrogens with zero attached hydrogens (tertiary/aromatic N) is 1. The quantitative estimate of drug-likeness (QED) is 0.788. The molecule has 7 heteroatoms. The summed E-state index contributed by atoms with van der Waals surface area (Å²) in [4.78, 5) is 37.2. The number of methoxy groups -OCH3 is 1. The highest BCUT2D eigenvalue weighted by Gasteiger charge is 2.36. The zero-order valence-electron chi connectivity index (χ0n) is 13.9. The van der Waals surface area contributed by atoms with Crippen LogP contribution in [0.15, 0.2) is 30.4 Å². The first-order chi connectivity index (χ1) is 12.0. The van der Waals surface area contributed by atoms with E-state index in [9.17, 15) is 14.4 Å². The molecule has 1 aliphatic carbocycles. The Bertz CT molecular complexity index is 743. The molecule has 0 radical (unpaired) electrons. The van der Waals surface area contributed by atoms with Crippen molar-refractivity contribution < 1.29 is 24.2 Å². The fourth-order valence-electron chi connectivity index (χ4n) is 3.16. The van der Waals surface area contributed by atoms with Crippen molar-refractivity contribution in [3.8, 4) is 0 Å². The molecular weight excluding hydrogens is 324 g/mol. The van der Waals surface area contributed by atoms with Crippen molar-refractivity contribution in [1.82, 2.24) is 0 Å². The third kappa shape index (κ3) is 3.41. The molecule has 2 aliphatic rings. The van der Waals surface area contributed by atoms with Gasteiger partial charge in [0.1, 0.15) is 6.61 Å². The second kappa shape index (κ2) is 7.06. The largest absolute Gasteiger partial charge is 0.481 e. The van der Waals surface area contributed by atoms with Crippen molar-refractivity contribution in [2.45, 2.75) is 12.8 Å². The van der Waals surface area contributed by atoms with Gasteiger partial charge in [0.25, 0.3) is 5.91 Å². The fraction of sp³-hybridized carbons (Fsp3) is 0.389. The van der Waals surface area contributed by atoms with Crippen LogP contribution in [0.4, 0.5) is 11.4 Å². The van der Waals surface area contributed by atoms with Crippen LogP contribution in [-0.2, 0) is 25.5 Å². The van der Waals surface area contributed by atoms with Crippen LogP contribution in [0.25, 0.3) is 0 Å². The molecule has 0 bridgehead atoms. The number of rotatable bonds is 5.